The first-order chi connectivity index (χ1) is 9.12. The number of nitrogens with zero attached hydrogens (tertiary/aromatic N) is 2. The molecule has 19 heavy (non-hydrogen) atoms. The van der Waals surface area contributed by atoms with Gasteiger partial charge in [0.05, 0.1) is 4.92 Å². The lowest BCUT2D eigenvalue weighted by Crippen LogP contribution is -2.23. The molecule has 1 rings (SSSR count). The number of hydrogen-bond donors (Lipinski definition) is 1. The molecule has 5 nitrogen and oxygen atoms in total. The highest BCUT2D eigenvalue weighted by molar-refractivity contribution is 5.62. The quantitative estimate of drug-likeness (QED) is 0.579. The largest absolute Gasteiger partial charge is 0.380 e. The van der Waals surface area contributed by atoms with E-state index in [1.165, 1.54) is 0 Å². The number of anilines is 1. The van der Waals surface area contributed by atoms with Crippen molar-refractivity contribution in [3.05, 3.63) is 33.9 Å². The van der Waals surface area contributed by atoms with Crippen LogP contribution in [0.3, 0.4) is 0 Å². The summed E-state index contributed by atoms with van der Waals surface area (Å²) in [6, 6.07) is 5.44. The zero-order chi connectivity index (χ0) is 14.3. The molecule has 0 atom stereocenters. The van der Waals surface area contributed by atoms with E-state index < -0.39 is 0 Å². The van der Waals surface area contributed by atoms with Gasteiger partial charge in [0, 0.05) is 19.2 Å². The van der Waals surface area contributed by atoms with Crippen molar-refractivity contribution in [2.75, 3.05) is 25.0 Å². The molecule has 0 aromatic heterocycles. The van der Waals surface area contributed by atoms with E-state index in [0.717, 1.165) is 31.6 Å². The second-order valence-electron chi connectivity index (χ2n) is 4.51. The van der Waals surface area contributed by atoms with Crippen molar-refractivity contribution in [2.24, 2.45) is 0 Å². The Hall–Kier alpha value is -1.62. The molecule has 0 aliphatic carbocycles. The lowest BCUT2D eigenvalue weighted by atomic mass is 10.1. The summed E-state index contributed by atoms with van der Waals surface area (Å²) >= 11 is 0. The predicted molar refractivity (Wildman–Crippen MR) is 78.5 cm³/mol. The molecule has 0 bridgehead atoms. The fourth-order valence-corrected chi connectivity index (χ4v) is 2.09. The van der Waals surface area contributed by atoms with Crippen molar-refractivity contribution < 1.29 is 4.92 Å². The Morgan fingerprint density at radius 2 is 2.05 bits per heavy atom. The van der Waals surface area contributed by atoms with Gasteiger partial charge in [-0.05, 0) is 38.1 Å². The Kier molecular flexibility index (Phi) is 6.29. The van der Waals surface area contributed by atoms with Crippen LogP contribution >= 0.6 is 0 Å². The third kappa shape index (κ3) is 4.52. The predicted octanol–water partition coefficient (Wildman–Crippen LogP) is 3.26. The van der Waals surface area contributed by atoms with Gasteiger partial charge in [0.2, 0.25) is 0 Å². The van der Waals surface area contributed by atoms with Crippen LogP contribution in [0.25, 0.3) is 0 Å². The van der Waals surface area contributed by atoms with Crippen LogP contribution in [-0.4, -0.2) is 29.5 Å². The molecular formula is C14H23N3O2. The van der Waals surface area contributed by atoms with E-state index in [1.54, 1.807) is 12.1 Å². The highest BCUT2D eigenvalue weighted by Crippen LogP contribution is 2.26. The van der Waals surface area contributed by atoms with Gasteiger partial charge in [-0.15, -0.1) is 0 Å². The Labute approximate surface area is 114 Å². The van der Waals surface area contributed by atoms with Crippen molar-refractivity contribution >= 4 is 11.4 Å². The first-order valence-electron chi connectivity index (χ1n) is 6.85. The van der Waals surface area contributed by atoms with Crippen LogP contribution in [0.2, 0.25) is 0 Å². The molecule has 0 unspecified atom stereocenters. The zero-order valence-corrected chi connectivity index (χ0v) is 12.0. The van der Waals surface area contributed by atoms with Gasteiger partial charge in [-0.3, -0.25) is 15.0 Å². The first kappa shape index (κ1) is 15.4. The van der Waals surface area contributed by atoms with E-state index >= 15 is 0 Å². The zero-order valence-electron chi connectivity index (χ0n) is 12.0. The minimum atomic E-state index is -0.322. The van der Waals surface area contributed by atoms with E-state index in [0.29, 0.717) is 12.2 Å². The highest BCUT2D eigenvalue weighted by Gasteiger charge is 2.14. The van der Waals surface area contributed by atoms with E-state index in [2.05, 4.69) is 24.1 Å². The summed E-state index contributed by atoms with van der Waals surface area (Å²) in [7, 11) is 0. The van der Waals surface area contributed by atoms with Crippen molar-refractivity contribution in [1.29, 1.82) is 0 Å². The summed E-state index contributed by atoms with van der Waals surface area (Å²) in [5.74, 6) is 0. The third-order valence-electron chi connectivity index (χ3n) is 3.02. The maximum absolute atomic E-state index is 11.1. The molecule has 0 amide bonds. The number of nitro groups is 1. The first-order valence-corrected chi connectivity index (χ1v) is 6.85. The van der Waals surface area contributed by atoms with Crippen LogP contribution in [0.1, 0.15) is 32.8 Å². The topological polar surface area (TPSA) is 58.4 Å². The second kappa shape index (κ2) is 7.74. The number of rotatable bonds is 8. The monoisotopic (exact) mass is 265 g/mol. The lowest BCUT2D eigenvalue weighted by molar-refractivity contribution is -0.384. The van der Waals surface area contributed by atoms with Crippen LogP contribution in [0, 0.1) is 10.1 Å². The van der Waals surface area contributed by atoms with Crippen LogP contribution < -0.4 is 5.32 Å². The average Bonchev–Trinajstić information content (AvgIpc) is 2.40. The van der Waals surface area contributed by atoms with Gasteiger partial charge in [0.25, 0.3) is 5.69 Å². The second-order valence-corrected chi connectivity index (χ2v) is 4.51. The summed E-state index contributed by atoms with van der Waals surface area (Å²) in [4.78, 5) is 13.0. The van der Waals surface area contributed by atoms with Gasteiger partial charge in [-0.1, -0.05) is 19.9 Å². The van der Waals surface area contributed by atoms with Gasteiger partial charge in [0.1, 0.15) is 5.69 Å². The molecule has 0 saturated carbocycles. The molecule has 0 saturated heterocycles. The number of hydrogen-bond acceptors (Lipinski definition) is 4. The maximum Gasteiger partial charge on any atom is 0.292 e. The van der Waals surface area contributed by atoms with Crippen LogP contribution in [0.15, 0.2) is 18.2 Å². The van der Waals surface area contributed by atoms with Crippen LogP contribution in [0.4, 0.5) is 11.4 Å². The van der Waals surface area contributed by atoms with E-state index in [1.807, 2.05) is 13.0 Å². The highest BCUT2D eigenvalue weighted by atomic mass is 16.6. The summed E-state index contributed by atoms with van der Waals surface area (Å²) in [6.45, 7) is 9.58. The van der Waals surface area contributed by atoms with Gasteiger partial charge in [-0.25, -0.2) is 0 Å². The molecular weight excluding hydrogens is 242 g/mol. The molecule has 1 N–H and O–H groups in total. The Balaban J connectivity index is 2.91. The molecule has 0 aliphatic rings. The fourth-order valence-electron chi connectivity index (χ4n) is 2.09. The number of benzene rings is 1. The smallest absolute Gasteiger partial charge is 0.292 e. The van der Waals surface area contributed by atoms with Crippen molar-refractivity contribution in [3.8, 4) is 0 Å². The summed E-state index contributed by atoms with van der Waals surface area (Å²) in [6.07, 6.45) is 1.09. The molecule has 5 heteroatoms. The van der Waals surface area contributed by atoms with Crippen molar-refractivity contribution in [3.63, 3.8) is 0 Å². The molecule has 0 fully saturated rings. The SMILES string of the molecule is CCCN(CC)Cc1ccc(NCC)c([N+](=O)[O-])c1. The Morgan fingerprint density at radius 3 is 2.58 bits per heavy atom. The van der Waals surface area contributed by atoms with Crippen molar-refractivity contribution in [2.45, 2.75) is 33.7 Å². The van der Waals surface area contributed by atoms with Gasteiger partial charge in [0.15, 0.2) is 0 Å². The molecule has 1 aromatic rings. The summed E-state index contributed by atoms with van der Waals surface area (Å²) < 4.78 is 0. The fraction of sp³-hybridized carbons (Fsp3) is 0.571. The normalized spacial score (nSPS) is 10.7. The average molecular weight is 265 g/mol. The molecule has 0 heterocycles. The van der Waals surface area contributed by atoms with E-state index in [4.69, 9.17) is 0 Å². The van der Waals surface area contributed by atoms with Crippen LogP contribution in [-0.2, 0) is 6.54 Å². The van der Waals surface area contributed by atoms with E-state index in [-0.39, 0.29) is 10.6 Å². The maximum atomic E-state index is 11.1. The molecule has 0 spiro atoms. The van der Waals surface area contributed by atoms with Crippen LogP contribution in [0.5, 0.6) is 0 Å². The third-order valence-corrected chi connectivity index (χ3v) is 3.02. The Morgan fingerprint density at radius 1 is 1.32 bits per heavy atom. The summed E-state index contributed by atoms with van der Waals surface area (Å²) in [5, 5.41) is 14.1. The molecule has 106 valence electrons. The molecule has 0 radical (unpaired) electrons. The molecule has 1 aromatic carbocycles. The number of nitrogens with one attached hydrogen (secondary N) is 1. The standard InChI is InChI=1S/C14H23N3O2/c1-4-9-16(6-3)11-12-7-8-13(15-5-2)14(10-12)17(18)19/h7-8,10,15H,4-6,9,11H2,1-3H3. The minimum absolute atomic E-state index is 0.159. The lowest BCUT2D eigenvalue weighted by Gasteiger charge is -2.19. The number of nitro benzene ring substituents is 1. The van der Waals surface area contributed by atoms with E-state index in [9.17, 15) is 10.1 Å². The minimum Gasteiger partial charge on any atom is -0.380 e. The van der Waals surface area contributed by atoms with Crippen molar-refractivity contribution in [1.82, 2.24) is 4.90 Å². The Bertz CT molecular complexity index is 421. The summed E-state index contributed by atoms with van der Waals surface area (Å²) in [5.41, 5.74) is 1.74. The van der Waals surface area contributed by atoms with Gasteiger partial charge in [-0.2, -0.15) is 0 Å². The molecule has 0 aliphatic heterocycles. The van der Waals surface area contributed by atoms with Gasteiger partial charge < -0.3 is 5.32 Å². The van der Waals surface area contributed by atoms with Gasteiger partial charge >= 0.3 is 0 Å².